The number of nitrogens with one attached hydrogen (secondary N) is 3. The molecule has 7 heteroatoms. The molecule has 0 radical (unpaired) electrons. The first-order valence-electron chi connectivity index (χ1n) is 13.6. The van der Waals surface area contributed by atoms with Crippen LogP contribution in [0.3, 0.4) is 0 Å². The second kappa shape index (κ2) is 11.7. The van der Waals surface area contributed by atoms with Crippen molar-refractivity contribution in [2.24, 2.45) is 0 Å². The number of nitrogens with zero attached hydrogens (tertiary/aromatic N) is 1. The van der Waals surface area contributed by atoms with Gasteiger partial charge in [-0.3, -0.25) is 15.1 Å². The van der Waals surface area contributed by atoms with E-state index in [0.29, 0.717) is 28.7 Å². The molecule has 1 aliphatic carbocycles. The van der Waals surface area contributed by atoms with Gasteiger partial charge in [-0.1, -0.05) is 31.4 Å². The van der Waals surface area contributed by atoms with Gasteiger partial charge in [-0.2, -0.15) is 0 Å². The number of dihydropyridines is 1. The van der Waals surface area contributed by atoms with Crippen molar-refractivity contribution in [1.82, 2.24) is 15.6 Å². The van der Waals surface area contributed by atoms with Crippen LogP contribution in [0.4, 0.5) is 5.69 Å². The van der Waals surface area contributed by atoms with E-state index in [4.69, 9.17) is 9.47 Å². The Morgan fingerprint density at radius 1 is 1.03 bits per heavy atom. The smallest absolute Gasteiger partial charge is 0.265 e. The fraction of sp³-hybridized carbons (Fsp3) is 0.312. The van der Waals surface area contributed by atoms with Gasteiger partial charge in [0.25, 0.3) is 11.8 Å². The normalized spacial score (nSPS) is 19.1. The van der Waals surface area contributed by atoms with Crippen molar-refractivity contribution in [2.45, 2.75) is 50.8 Å². The number of benzene rings is 2. The number of allylic oxidation sites excluding steroid dienone is 2. The number of carbonyl (C=O) groups is 1. The molecule has 1 saturated carbocycles. The van der Waals surface area contributed by atoms with Gasteiger partial charge in [-0.15, -0.1) is 0 Å². The Bertz CT molecular complexity index is 1380. The van der Waals surface area contributed by atoms with Gasteiger partial charge in [-0.25, -0.2) is 0 Å². The lowest BCUT2D eigenvalue weighted by Gasteiger charge is -2.38. The van der Waals surface area contributed by atoms with Crippen molar-refractivity contribution in [3.05, 3.63) is 102 Å². The molecule has 5 rings (SSSR count). The predicted molar refractivity (Wildman–Crippen MR) is 155 cm³/mol. The molecule has 2 aromatic carbocycles. The number of aryl methyl sites for hydroxylation is 1. The number of hydrogen-bond acceptors (Lipinski definition) is 6. The molecule has 1 atom stereocenters. The number of ether oxygens (including phenoxy) is 2. The molecular formula is C32H36N4O3. The monoisotopic (exact) mass is 524 g/mol. The molecule has 0 saturated heterocycles. The van der Waals surface area contributed by atoms with Crippen LogP contribution in [0, 0.1) is 6.92 Å². The van der Waals surface area contributed by atoms with E-state index < -0.39 is 5.85 Å². The number of likely N-dealkylation sites (N-methyl/N-ethyl adjacent to an activating group) is 1. The highest BCUT2D eigenvalue weighted by Gasteiger charge is 2.37. The Morgan fingerprint density at radius 2 is 1.82 bits per heavy atom. The minimum absolute atomic E-state index is 0.223. The Morgan fingerprint density at radius 3 is 2.56 bits per heavy atom. The second-order valence-electron chi connectivity index (χ2n) is 10.1. The summed E-state index contributed by atoms with van der Waals surface area (Å²) in [5, 5.41) is 9.71. The molecule has 0 bridgehead atoms. The van der Waals surface area contributed by atoms with E-state index in [9.17, 15) is 4.79 Å². The SMILES string of the molecule is CNC1(Oc2cc(C(=O)Nc3cc(C4CCCCC4)ccc3OC)ccc2C)NC=CC=C1c1ccncc1. The van der Waals surface area contributed by atoms with Gasteiger partial charge < -0.3 is 20.1 Å². The molecular weight excluding hydrogens is 488 g/mol. The summed E-state index contributed by atoms with van der Waals surface area (Å²) in [5.41, 5.74) is 5.20. The Hall–Kier alpha value is -4.10. The summed E-state index contributed by atoms with van der Waals surface area (Å²) in [4.78, 5) is 17.6. The fourth-order valence-corrected chi connectivity index (χ4v) is 5.40. The molecule has 7 nitrogen and oxygen atoms in total. The molecule has 1 fully saturated rings. The van der Waals surface area contributed by atoms with E-state index in [2.05, 4.69) is 33.1 Å². The second-order valence-corrected chi connectivity index (χ2v) is 10.1. The van der Waals surface area contributed by atoms with Gasteiger partial charge in [0, 0.05) is 29.7 Å². The van der Waals surface area contributed by atoms with Crippen molar-refractivity contribution in [3.63, 3.8) is 0 Å². The molecule has 1 amide bonds. The summed E-state index contributed by atoms with van der Waals surface area (Å²) in [6.07, 6.45) is 15.4. The highest BCUT2D eigenvalue weighted by molar-refractivity contribution is 6.05. The Balaban J connectivity index is 1.41. The van der Waals surface area contributed by atoms with Gasteiger partial charge in [0.2, 0.25) is 0 Å². The first-order valence-corrected chi connectivity index (χ1v) is 13.6. The lowest BCUT2D eigenvalue weighted by Crippen LogP contribution is -2.59. The minimum Gasteiger partial charge on any atom is -0.495 e. The molecule has 1 aromatic heterocycles. The maximum Gasteiger partial charge on any atom is 0.265 e. The molecule has 3 N–H and O–H groups in total. The lowest BCUT2D eigenvalue weighted by molar-refractivity contribution is 0.0774. The highest BCUT2D eigenvalue weighted by Crippen LogP contribution is 2.37. The number of pyridine rings is 1. The van der Waals surface area contributed by atoms with Crippen LogP contribution in [0.2, 0.25) is 0 Å². The third-order valence-electron chi connectivity index (χ3n) is 7.63. The van der Waals surface area contributed by atoms with Gasteiger partial charge in [0.05, 0.1) is 12.8 Å². The number of rotatable bonds is 8. The standard InChI is InChI=1S/C32H36N4O3/c1-22-11-12-26(31(37)36-28-20-25(13-14-29(28)38-3)23-8-5-4-6-9-23)21-30(22)39-32(33-2)27(10-7-17-35-32)24-15-18-34-19-16-24/h7,10-21,23,33,35H,4-6,8-9H2,1-3H3,(H,36,37). The largest absolute Gasteiger partial charge is 0.495 e. The first kappa shape index (κ1) is 26.5. The van der Waals surface area contributed by atoms with E-state index in [1.165, 1.54) is 37.7 Å². The van der Waals surface area contributed by atoms with Crippen LogP contribution in [0.5, 0.6) is 11.5 Å². The maximum atomic E-state index is 13.5. The van der Waals surface area contributed by atoms with Crippen molar-refractivity contribution in [3.8, 4) is 11.5 Å². The molecule has 3 aromatic rings. The van der Waals surface area contributed by atoms with Crippen LogP contribution < -0.4 is 25.4 Å². The van der Waals surface area contributed by atoms with Crippen LogP contribution >= 0.6 is 0 Å². The van der Waals surface area contributed by atoms with Crippen molar-refractivity contribution < 1.29 is 14.3 Å². The first-order chi connectivity index (χ1) is 19.0. The number of hydrogen-bond donors (Lipinski definition) is 3. The summed E-state index contributed by atoms with van der Waals surface area (Å²) in [6.45, 7) is 1.96. The zero-order valence-electron chi connectivity index (χ0n) is 22.8. The summed E-state index contributed by atoms with van der Waals surface area (Å²) < 4.78 is 12.2. The third-order valence-corrected chi connectivity index (χ3v) is 7.63. The quantitative estimate of drug-likeness (QED) is 0.307. The summed E-state index contributed by atoms with van der Waals surface area (Å²) in [6, 6.07) is 15.5. The van der Waals surface area contributed by atoms with E-state index in [1.54, 1.807) is 25.6 Å². The van der Waals surface area contributed by atoms with Crippen LogP contribution in [0.25, 0.3) is 5.57 Å². The van der Waals surface area contributed by atoms with Crippen LogP contribution in [0.15, 0.2) is 79.3 Å². The summed E-state index contributed by atoms with van der Waals surface area (Å²) >= 11 is 0. The number of methoxy groups -OCH3 is 1. The Labute approximate surface area is 230 Å². The molecule has 2 aliphatic rings. The zero-order valence-corrected chi connectivity index (χ0v) is 22.8. The van der Waals surface area contributed by atoms with Gasteiger partial charge in [-0.05, 0) is 98.0 Å². The molecule has 39 heavy (non-hydrogen) atoms. The van der Waals surface area contributed by atoms with E-state index in [-0.39, 0.29) is 5.91 Å². The highest BCUT2D eigenvalue weighted by atomic mass is 16.5. The van der Waals surface area contributed by atoms with Gasteiger partial charge in [0.1, 0.15) is 11.5 Å². The van der Waals surface area contributed by atoms with Gasteiger partial charge >= 0.3 is 0 Å². The van der Waals surface area contributed by atoms with Crippen molar-refractivity contribution >= 4 is 17.2 Å². The Kier molecular flexibility index (Phi) is 7.98. The number of anilines is 1. The molecule has 0 spiro atoms. The fourth-order valence-electron chi connectivity index (χ4n) is 5.40. The number of carbonyl (C=O) groups excluding carboxylic acids is 1. The predicted octanol–water partition coefficient (Wildman–Crippen LogP) is 6.15. The minimum atomic E-state index is -1.03. The van der Waals surface area contributed by atoms with Crippen molar-refractivity contribution in [2.75, 3.05) is 19.5 Å². The van der Waals surface area contributed by atoms with E-state index >= 15 is 0 Å². The van der Waals surface area contributed by atoms with Crippen LogP contribution in [-0.2, 0) is 0 Å². The molecule has 1 unspecified atom stereocenters. The van der Waals surface area contributed by atoms with E-state index in [1.807, 2.05) is 62.7 Å². The van der Waals surface area contributed by atoms with Gasteiger partial charge in [0.15, 0.2) is 0 Å². The zero-order chi connectivity index (χ0) is 27.2. The topological polar surface area (TPSA) is 84.5 Å². The summed E-state index contributed by atoms with van der Waals surface area (Å²) in [7, 11) is 3.46. The average Bonchev–Trinajstić information content (AvgIpc) is 2.99. The molecule has 202 valence electrons. The lowest BCUT2D eigenvalue weighted by atomic mass is 9.84. The van der Waals surface area contributed by atoms with Crippen LogP contribution in [-0.4, -0.2) is 30.9 Å². The number of aromatic nitrogens is 1. The van der Waals surface area contributed by atoms with Crippen LogP contribution in [0.1, 0.15) is 65.1 Å². The third kappa shape index (κ3) is 5.68. The molecule has 1 aliphatic heterocycles. The average molecular weight is 525 g/mol. The number of amides is 1. The maximum absolute atomic E-state index is 13.5. The van der Waals surface area contributed by atoms with Crippen molar-refractivity contribution in [1.29, 1.82) is 0 Å². The molecule has 2 heterocycles. The van der Waals surface area contributed by atoms with E-state index in [0.717, 1.165) is 16.7 Å². The summed E-state index contributed by atoms with van der Waals surface area (Å²) in [5.74, 6) is 0.498.